The van der Waals surface area contributed by atoms with Crippen molar-refractivity contribution in [3.63, 3.8) is 0 Å². The van der Waals surface area contributed by atoms with Crippen LogP contribution in [-0.4, -0.2) is 37.4 Å². The van der Waals surface area contributed by atoms with E-state index < -0.39 is 18.2 Å². The number of hydrogen-bond donors (Lipinski definition) is 1. The summed E-state index contributed by atoms with van der Waals surface area (Å²) in [7, 11) is 2.96. The summed E-state index contributed by atoms with van der Waals surface area (Å²) in [5.74, 6) is -2.59. The second kappa shape index (κ2) is 6.85. The molecule has 0 aromatic heterocycles. The molecule has 0 bridgehead atoms. The number of hydrogen-bond acceptors (Lipinski definition) is 4. The molecule has 0 amide bonds. The van der Waals surface area contributed by atoms with E-state index in [9.17, 15) is 14.7 Å². The highest BCUT2D eigenvalue weighted by molar-refractivity contribution is 6.00. The monoisotopic (exact) mass is 258 g/mol. The molecule has 1 fully saturated rings. The van der Waals surface area contributed by atoms with Gasteiger partial charge in [-0.25, -0.2) is 0 Å². The van der Waals surface area contributed by atoms with Gasteiger partial charge in [0.2, 0.25) is 0 Å². The van der Waals surface area contributed by atoms with Crippen molar-refractivity contribution in [2.45, 2.75) is 38.9 Å². The van der Waals surface area contributed by atoms with Gasteiger partial charge < -0.3 is 14.6 Å². The van der Waals surface area contributed by atoms with Gasteiger partial charge in [-0.1, -0.05) is 19.8 Å². The molecule has 18 heavy (non-hydrogen) atoms. The molecule has 104 valence electrons. The van der Waals surface area contributed by atoms with Gasteiger partial charge in [0, 0.05) is 26.6 Å². The van der Waals surface area contributed by atoms with Crippen molar-refractivity contribution in [1.82, 2.24) is 0 Å². The van der Waals surface area contributed by atoms with Gasteiger partial charge in [0.05, 0.1) is 0 Å². The van der Waals surface area contributed by atoms with Crippen LogP contribution in [0.25, 0.3) is 0 Å². The van der Waals surface area contributed by atoms with E-state index in [0.29, 0.717) is 6.42 Å². The van der Waals surface area contributed by atoms with Crippen molar-refractivity contribution in [3.8, 4) is 0 Å². The van der Waals surface area contributed by atoms with Gasteiger partial charge in [-0.3, -0.25) is 9.59 Å². The molecule has 3 unspecified atom stereocenters. The average Bonchev–Trinajstić information content (AvgIpc) is 2.65. The molecule has 1 saturated carbocycles. The molecule has 0 heterocycles. The standard InChI is InChI=1S/C13H22O5/c1-4-5-6-8-7-9(14)11(12(15)16)10(8)13(17-2)18-3/h8,10-11,13H,4-7H2,1-3H3,(H,15,16). The molecule has 5 nitrogen and oxygen atoms in total. The second-order valence-corrected chi connectivity index (χ2v) is 4.81. The van der Waals surface area contributed by atoms with Crippen molar-refractivity contribution in [2.75, 3.05) is 14.2 Å². The first-order valence-electron chi connectivity index (χ1n) is 6.37. The molecular weight excluding hydrogens is 236 g/mol. The third kappa shape index (κ3) is 3.09. The van der Waals surface area contributed by atoms with Crippen LogP contribution in [0.1, 0.15) is 32.6 Å². The normalized spacial score (nSPS) is 28.0. The Labute approximate surface area is 107 Å². The number of unbranched alkanes of at least 4 members (excludes halogenated alkanes) is 1. The molecule has 0 saturated heterocycles. The maximum absolute atomic E-state index is 11.8. The molecule has 1 aliphatic rings. The molecule has 5 heteroatoms. The zero-order valence-electron chi connectivity index (χ0n) is 11.2. The van der Waals surface area contributed by atoms with Crippen LogP contribution in [0.4, 0.5) is 0 Å². The van der Waals surface area contributed by atoms with E-state index in [0.717, 1.165) is 19.3 Å². The lowest BCUT2D eigenvalue weighted by atomic mass is 9.85. The number of methoxy groups -OCH3 is 2. The van der Waals surface area contributed by atoms with Crippen molar-refractivity contribution in [3.05, 3.63) is 0 Å². The van der Waals surface area contributed by atoms with Crippen molar-refractivity contribution in [2.24, 2.45) is 17.8 Å². The number of Topliss-reactive ketones (excluding diaryl/α,β-unsaturated/α-hetero) is 1. The minimum Gasteiger partial charge on any atom is -0.481 e. The fourth-order valence-electron chi connectivity index (χ4n) is 2.86. The average molecular weight is 258 g/mol. The summed E-state index contributed by atoms with van der Waals surface area (Å²) in [6, 6.07) is 0. The summed E-state index contributed by atoms with van der Waals surface area (Å²) in [4.78, 5) is 23.1. The molecule has 1 aliphatic carbocycles. The molecule has 0 aromatic rings. The summed E-state index contributed by atoms with van der Waals surface area (Å²) in [6.07, 6.45) is 2.56. The number of carbonyl (C=O) groups is 2. The summed E-state index contributed by atoms with van der Waals surface area (Å²) >= 11 is 0. The van der Waals surface area contributed by atoms with E-state index in [1.165, 1.54) is 14.2 Å². The van der Waals surface area contributed by atoms with Gasteiger partial charge in [0.1, 0.15) is 11.7 Å². The molecule has 1 N–H and O–H groups in total. The smallest absolute Gasteiger partial charge is 0.314 e. The molecule has 0 aromatic carbocycles. The fraction of sp³-hybridized carbons (Fsp3) is 0.846. The van der Waals surface area contributed by atoms with Gasteiger partial charge in [0.25, 0.3) is 0 Å². The number of carboxylic acid groups (broad SMARTS) is 1. The lowest BCUT2D eigenvalue weighted by Gasteiger charge is -2.28. The lowest BCUT2D eigenvalue weighted by molar-refractivity contribution is -0.171. The molecular formula is C13H22O5. The first-order valence-corrected chi connectivity index (χ1v) is 6.37. The molecule has 0 spiro atoms. The lowest BCUT2D eigenvalue weighted by Crippen LogP contribution is -2.37. The Morgan fingerprint density at radius 1 is 1.44 bits per heavy atom. The molecule has 0 aliphatic heterocycles. The highest BCUT2D eigenvalue weighted by Crippen LogP contribution is 2.41. The number of carboxylic acids is 1. The van der Waals surface area contributed by atoms with Crippen LogP contribution in [-0.2, 0) is 19.1 Å². The summed E-state index contributed by atoms with van der Waals surface area (Å²) in [5, 5.41) is 9.21. The van der Waals surface area contributed by atoms with Crippen LogP contribution in [0, 0.1) is 17.8 Å². The maximum atomic E-state index is 11.8. The SMILES string of the molecule is CCCCC1CC(=O)C(C(=O)O)C1C(OC)OC. The van der Waals surface area contributed by atoms with Crippen molar-refractivity contribution < 1.29 is 24.2 Å². The van der Waals surface area contributed by atoms with Crippen molar-refractivity contribution in [1.29, 1.82) is 0 Å². The van der Waals surface area contributed by atoms with Gasteiger partial charge >= 0.3 is 5.97 Å². The Hall–Kier alpha value is -0.940. The van der Waals surface area contributed by atoms with E-state index in [-0.39, 0.29) is 17.6 Å². The fourth-order valence-corrected chi connectivity index (χ4v) is 2.86. The summed E-state index contributed by atoms with van der Waals surface area (Å²) in [6.45, 7) is 2.07. The van der Waals surface area contributed by atoms with Crippen LogP contribution >= 0.6 is 0 Å². The van der Waals surface area contributed by atoms with Gasteiger partial charge in [-0.15, -0.1) is 0 Å². The minimum atomic E-state index is -1.07. The van der Waals surface area contributed by atoms with Gasteiger partial charge in [-0.2, -0.15) is 0 Å². The number of aliphatic carboxylic acids is 1. The largest absolute Gasteiger partial charge is 0.481 e. The van der Waals surface area contributed by atoms with Crippen LogP contribution in [0.15, 0.2) is 0 Å². The number of rotatable bonds is 7. The summed E-state index contributed by atoms with van der Waals surface area (Å²) < 4.78 is 10.4. The Morgan fingerprint density at radius 2 is 2.06 bits per heavy atom. The third-order valence-electron chi connectivity index (χ3n) is 3.71. The third-order valence-corrected chi connectivity index (χ3v) is 3.71. The minimum absolute atomic E-state index is 0.0449. The van der Waals surface area contributed by atoms with Crippen molar-refractivity contribution >= 4 is 11.8 Å². The molecule has 3 atom stereocenters. The highest BCUT2D eigenvalue weighted by atomic mass is 16.7. The van der Waals surface area contributed by atoms with E-state index in [4.69, 9.17) is 9.47 Å². The molecule has 1 rings (SSSR count). The van der Waals surface area contributed by atoms with E-state index in [2.05, 4.69) is 6.92 Å². The van der Waals surface area contributed by atoms with Crippen LogP contribution in [0.3, 0.4) is 0 Å². The number of ether oxygens (including phenoxy) is 2. The van der Waals surface area contributed by atoms with Gasteiger partial charge in [-0.05, 0) is 12.3 Å². The van der Waals surface area contributed by atoms with Crippen LogP contribution in [0.5, 0.6) is 0 Å². The Bertz CT molecular complexity index is 298. The first-order chi connectivity index (χ1) is 8.56. The maximum Gasteiger partial charge on any atom is 0.314 e. The van der Waals surface area contributed by atoms with E-state index in [1.807, 2.05) is 0 Å². The molecule has 0 radical (unpaired) electrons. The summed E-state index contributed by atoms with van der Waals surface area (Å²) in [5.41, 5.74) is 0. The highest BCUT2D eigenvalue weighted by Gasteiger charge is 2.50. The predicted molar refractivity (Wildman–Crippen MR) is 65.1 cm³/mol. The zero-order chi connectivity index (χ0) is 13.7. The quantitative estimate of drug-likeness (QED) is 0.556. The topological polar surface area (TPSA) is 72.8 Å². The number of ketones is 1. The Morgan fingerprint density at radius 3 is 2.50 bits per heavy atom. The second-order valence-electron chi connectivity index (χ2n) is 4.81. The van der Waals surface area contributed by atoms with E-state index in [1.54, 1.807) is 0 Å². The van der Waals surface area contributed by atoms with Crippen LogP contribution in [0.2, 0.25) is 0 Å². The Balaban J connectivity index is 2.90. The first kappa shape index (κ1) is 15.1. The number of carbonyl (C=O) groups excluding carboxylic acids is 1. The zero-order valence-corrected chi connectivity index (χ0v) is 11.2. The Kier molecular flexibility index (Phi) is 5.75. The van der Waals surface area contributed by atoms with Gasteiger partial charge in [0.15, 0.2) is 6.29 Å². The predicted octanol–water partition coefficient (Wildman–Crippen LogP) is 1.70. The van der Waals surface area contributed by atoms with E-state index >= 15 is 0 Å². The van der Waals surface area contributed by atoms with Crippen LogP contribution < -0.4 is 0 Å².